The fourth-order valence-corrected chi connectivity index (χ4v) is 10.0. The number of carbonyl (C=O) groups is 2. The van der Waals surface area contributed by atoms with E-state index in [1.54, 1.807) is 43.2 Å². The molecule has 1 spiro atoms. The lowest BCUT2D eigenvalue weighted by Crippen LogP contribution is -2.59. The molecule has 1 N–H and O–H groups in total. The molecule has 5 aliphatic rings. The maximum absolute atomic E-state index is 14.7. The maximum atomic E-state index is 14.7. The summed E-state index contributed by atoms with van der Waals surface area (Å²) in [5.74, 6) is 0.512. The van der Waals surface area contributed by atoms with Gasteiger partial charge < -0.3 is 24.7 Å². The van der Waals surface area contributed by atoms with Crippen molar-refractivity contribution in [2.45, 2.75) is 89.8 Å². The van der Waals surface area contributed by atoms with E-state index in [0.29, 0.717) is 42.2 Å². The van der Waals surface area contributed by atoms with Crippen LogP contribution in [0.15, 0.2) is 36.7 Å². The number of hydrogen-bond acceptors (Lipinski definition) is 9. The van der Waals surface area contributed by atoms with Crippen LogP contribution in [-0.2, 0) is 31.2 Å². The number of fused-ring (bicyclic) bond motifs is 2. The summed E-state index contributed by atoms with van der Waals surface area (Å²) in [7, 11) is 1.79. The Hall–Kier alpha value is -4.92. The number of piperidine rings is 1. The van der Waals surface area contributed by atoms with Gasteiger partial charge in [-0.05, 0) is 86.8 Å². The average Bonchev–Trinajstić information content (AvgIpc) is 3.79. The topological polar surface area (TPSA) is 129 Å². The van der Waals surface area contributed by atoms with Crippen LogP contribution < -0.4 is 9.80 Å². The monoisotopic (exact) mass is 754 g/mol. The van der Waals surface area contributed by atoms with Crippen molar-refractivity contribution in [1.82, 2.24) is 39.6 Å². The molecule has 55 heavy (non-hydrogen) atoms. The summed E-state index contributed by atoms with van der Waals surface area (Å²) in [6, 6.07) is 7.66. The lowest BCUT2D eigenvalue weighted by molar-refractivity contribution is -0.129. The second-order valence-corrected chi connectivity index (χ2v) is 16.3. The van der Waals surface area contributed by atoms with Crippen LogP contribution in [0.2, 0.25) is 0 Å². The van der Waals surface area contributed by atoms with Crippen molar-refractivity contribution in [3.05, 3.63) is 64.7 Å². The molecule has 9 rings (SSSR count). The predicted octanol–water partition coefficient (Wildman–Crippen LogP) is 5.78. The summed E-state index contributed by atoms with van der Waals surface area (Å²) in [6.07, 6.45) is 9.83. The summed E-state index contributed by atoms with van der Waals surface area (Å²) >= 11 is 0. The number of alkyl halides is 2. The number of benzene rings is 1. The minimum Gasteiger partial charge on any atom is -0.476 e. The molecule has 4 aromatic rings. The third-order valence-electron chi connectivity index (χ3n) is 13.0. The van der Waals surface area contributed by atoms with Crippen molar-refractivity contribution in [3.8, 4) is 11.1 Å². The van der Waals surface area contributed by atoms with Crippen molar-refractivity contribution in [2.75, 3.05) is 49.1 Å². The van der Waals surface area contributed by atoms with E-state index in [9.17, 15) is 18.4 Å². The van der Waals surface area contributed by atoms with Gasteiger partial charge in [0.2, 0.25) is 5.91 Å². The molecular weight excluding hydrogens is 707 g/mol. The van der Waals surface area contributed by atoms with Gasteiger partial charge in [-0.1, -0.05) is 0 Å². The summed E-state index contributed by atoms with van der Waals surface area (Å²) in [5, 5.41) is 26.7. The number of nitrogens with zero attached hydrogens (tertiary/aromatic N) is 10. The van der Waals surface area contributed by atoms with Gasteiger partial charge in [0.1, 0.15) is 0 Å². The Morgan fingerprint density at radius 3 is 2.40 bits per heavy atom. The fraction of sp³-hybridized carbons (Fsp3) is 0.550. The van der Waals surface area contributed by atoms with Crippen LogP contribution >= 0.6 is 0 Å². The number of anilines is 3. The second kappa shape index (κ2) is 14.0. The largest absolute Gasteiger partial charge is 0.476 e. The molecule has 0 bridgehead atoms. The molecule has 0 radical (unpaired) electrons. The Labute approximate surface area is 318 Å². The number of carboxylic acid groups (broad SMARTS) is 1. The zero-order valence-corrected chi connectivity index (χ0v) is 31.5. The van der Waals surface area contributed by atoms with Crippen LogP contribution in [0, 0.1) is 5.41 Å². The van der Waals surface area contributed by atoms with Crippen molar-refractivity contribution in [3.63, 3.8) is 0 Å². The zero-order chi connectivity index (χ0) is 38.0. The number of halogens is 2. The molecule has 290 valence electrons. The first-order valence-electron chi connectivity index (χ1n) is 19.7. The van der Waals surface area contributed by atoms with Gasteiger partial charge in [-0.25, -0.2) is 13.6 Å². The molecule has 0 atom stereocenters. The Kier molecular flexibility index (Phi) is 9.09. The van der Waals surface area contributed by atoms with E-state index in [-0.39, 0.29) is 23.2 Å². The molecule has 2 saturated heterocycles. The quantitative estimate of drug-likeness (QED) is 0.248. The van der Waals surface area contributed by atoms with Gasteiger partial charge in [0, 0.05) is 105 Å². The van der Waals surface area contributed by atoms with Crippen molar-refractivity contribution in [2.24, 2.45) is 12.5 Å². The molecule has 3 fully saturated rings. The van der Waals surface area contributed by atoms with Crippen LogP contribution in [0.3, 0.4) is 0 Å². The van der Waals surface area contributed by atoms with E-state index in [0.717, 1.165) is 86.7 Å². The first-order valence-corrected chi connectivity index (χ1v) is 19.7. The van der Waals surface area contributed by atoms with Crippen LogP contribution in [0.5, 0.6) is 0 Å². The highest BCUT2D eigenvalue weighted by molar-refractivity contribution is 5.85. The number of likely N-dealkylation sites (tertiary alicyclic amines) is 1. The highest BCUT2D eigenvalue weighted by atomic mass is 19.3. The predicted molar refractivity (Wildman–Crippen MR) is 202 cm³/mol. The molecule has 7 heterocycles. The van der Waals surface area contributed by atoms with Crippen LogP contribution in [0.25, 0.3) is 11.1 Å². The molecule has 1 aliphatic carbocycles. The summed E-state index contributed by atoms with van der Waals surface area (Å²) in [6.45, 7) is 7.29. The zero-order valence-electron chi connectivity index (χ0n) is 31.5. The minimum atomic E-state index is -2.65. The van der Waals surface area contributed by atoms with Gasteiger partial charge in [-0.2, -0.15) is 10.2 Å². The SMILES string of the molecule is CC(=O)N1CCc2c(c(N3CCCc4cc(-c5cnn(C)c5)c(C(F)F)cc43)nn2C2CCN(C3CCC4(CC3)CN(c3ccc(C(=O)O)nn3)C4)CC2)C1. The average molecular weight is 755 g/mol. The van der Waals surface area contributed by atoms with Crippen molar-refractivity contribution >= 4 is 29.2 Å². The number of hydrogen-bond donors (Lipinski definition) is 1. The van der Waals surface area contributed by atoms with E-state index < -0.39 is 12.4 Å². The Morgan fingerprint density at radius 1 is 0.964 bits per heavy atom. The first kappa shape index (κ1) is 35.8. The minimum absolute atomic E-state index is 0.00506. The molecule has 13 nitrogen and oxygen atoms in total. The van der Waals surface area contributed by atoms with Gasteiger partial charge in [-0.15, -0.1) is 10.2 Å². The number of aryl methyl sites for hydroxylation is 2. The van der Waals surface area contributed by atoms with Gasteiger partial charge in [0.25, 0.3) is 6.43 Å². The number of carbonyl (C=O) groups excluding carboxylic acids is 1. The van der Waals surface area contributed by atoms with Crippen molar-refractivity contribution < 1.29 is 23.5 Å². The van der Waals surface area contributed by atoms with Crippen LogP contribution in [0.4, 0.5) is 26.1 Å². The number of aromatic nitrogens is 6. The Morgan fingerprint density at radius 2 is 1.75 bits per heavy atom. The standard InChI is InChI=1S/C40H48F2N10O3/c1-25(53)49-17-11-34-32(22-49)38(51-14-3-4-26-18-30(27-20-43-47(2)21-27)31(37(41)42)19-35(26)51)46-52(34)29-9-15-48(16-10-29)28-7-12-40(13-8-28)23-50(24-40)36-6-5-33(39(54)55)44-45-36/h5-6,18-21,28-29,37H,3-4,7-17,22-24H2,1-2H3,(H,54,55). The molecule has 0 unspecified atom stereocenters. The van der Waals surface area contributed by atoms with E-state index in [4.69, 9.17) is 10.2 Å². The van der Waals surface area contributed by atoms with Crippen LogP contribution in [0.1, 0.15) is 97.2 Å². The fourth-order valence-electron chi connectivity index (χ4n) is 10.0. The molecule has 15 heteroatoms. The second-order valence-electron chi connectivity index (χ2n) is 16.3. The summed E-state index contributed by atoms with van der Waals surface area (Å²) < 4.78 is 33.2. The molecule has 3 aromatic heterocycles. The number of rotatable bonds is 7. The molecular formula is C40H48F2N10O3. The van der Waals surface area contributed by atoms with Gasteiger partial charge in [0.15, 0.2) is 17.3 Å². The lowest BCUT2D eigenvalue weighted by Gasteiger charge is -2.55. The Bertz CT molecular complexity index is 2090. The van der Waals surface area contributed by atoms with Gasteiger partial charge in [-0.3, -0.25) is 14.2 Å². The molecule has 4 aliphatic heterocycles. The molecule has 1 saturated carbocycles. The normalized spacial score (nSPS) is 20.5. The van der Waals surface area contributed by atoms with Gasteiger partial charge >= 0.3 is 5.97 Å². The number of aromatic carboxylic acids is 1. The van der Waals surface area contributed by atoms with E-state index in [1.165, 1.54) is 37.4 Å². The number of carboxylic acids is 1. The summed E-state index contributed by atoms with van der Waals surface area (Å²) in [5.41, 5.74) is 5.49. The van der Waals surface area contributed by atoms with Gasteiger partial charge in [0.05, 0.1) is 18.8 Å². The smallest absolute Gasteiger partial charge is 0.356 e. The van der Waals surface area contributed by atoms with E-state index in [1.807, 2.05) is 11.0 Å². The van der Waals surface area contributed by atoms with E-state index in [2.05, 4.69) is 34.7 Å². The molecule has 1 aromatic carbocycles. The summed E-state index contributed by atoms with van der Waals surface area (Å²) in [4.78, 5) is 32.7. The Balaban J connectivity index is 0.907. The first-order chi connectivity index (χ1) is 26.6. The molecule has 1 amide bonds. The third-order valence-corrected chi connectivity index (χ3v) is 13.0. The van der Waals surface area contributed by atoms with Crippen LogP contribution in [-0.4, -0.2) is 102 Å². The highest BCUT2D eigenvalue weighted by Crippen LogP contribution is 2.47. The lowest BCUT2D eigenvalue weighted by atomic mass is 9.67. The highest BCUT2D eigenvalue weighted by Gasteiger charge is 2.47. The van der Waals surface area contributed by atoms with Crippen molar-refractivity contribution in [1.29, 1.82) is 0 Å². The maximum Gasteiger partial charge on any atom is 0.356 e. The number of amides is 1. The third kappa shape index (κ3) is 6.53. The van der Waals surface area contributed by atoms with E-state index >= 15 is 0 Å².